The van der Waals surface area contributed by atoms with E-state index in [1.54, 1.807) is 38.4 Å². The molecular formula is C16H18ClNO3S. The summed E-state index contributed by atoms with van der Waals surface area (Å²) in [6.07, 6.45) is 0. The third kappa shape index (κ3) is 4.47. The minimum absolute atomic E-state index is 0.0692. The average molecular weight is 340 g/mol. The van der Waals surface area contributed by atoms with E-state index in [9.17, 15) is 8.42 Å². The van der Waals surface area contributed by atoms with E-state index in [-0.39, 0.29) is 5.75 Å². The summed E-state index contributed by atoms with van der Waals surface area (Å²) in [5.41, 5.74) is 1.58. The third-order valence-electron chi connectivity index (χ3n) is 3.28. The number of hydrogen-bond acceptors (Lipinski definition) is 3. The molecule has 2 aromatic rings. The van der Waals surface area contributed by atoms with Gasteiger partial charge in [0.25, 0.3) is 0 Å². The van der Waals surface area contributed by atoms with E-state index in [4.69, 9.17) is 16.3 Å². The predicted molar refractivity (Wildman–Crippen MR) is 88.5 cm³/mol. The molecule has 0 aliphatic heterocycles. The Balaban J connectivity index is 2.07. The first-order chi connectivity index (χ1) is 10.4. The highest BCUT2D eigenvalue weighted by atomic mass is 35.5. The maximum Gasteiger partial charge on any atom is 0.218 e. The van der Waals surface area contributed by atoms with Crippen molar-refractivity contribution in [2.24, 2.45) is 0 Å². The summed E-state index contributed by atoms with van der Waals surface area (Å²) in [7, 11) is -0.233. The molecule has 0 atom stereocenters. The van der Waals surface area contributed by atoms with Crippen LogP contribution in [0.3, 0.4) is 0 Å². The summed E-state index contributed by atoms with van der Waals surface area (Å²) in [6, 6.07) is 14.2. The molecule has 0 radical (unpaired) electrons. The number of methoxy groups -OCH3 is 1. The zero-order valence-corrected chi connectivity index (χ0v) is 14.1. The lowest BCUT2D eigenvalue weighted by Crippen LogP contribution is -2.27. The fourth-order valence-corrected chi connectivity index (χ4v) is 3.41. The summed E-state index contributed by atoms with van der Waals surface area (Å²) in [5.74, 6) is 0.674. The molecule has 0 saturated heterocycles. The van der Waals surface area contributed by atoms with Crippen LogP contribution in [0.15, 0.2) is 48.5 Å². The van der Waals surface area contributed by atoms with E-state index >= 15 is 0 Å². The summed E-state index contributed by atoms with van der Waals surface area (Å²) in [4.78, 5) is 0. The second-order valence-corrected chi connectivity index (χ2v) is 7.50. The van der Waals surface area contributed by atoms with Crippen LogP contribution in [0.5, 0.6) is 5.75 Å². The van der Waals surface area contributed by atoms with Crippen LogP contribution in [-0.2, 0) is 22.3 Å². The number of rotatable bonds is 6. The van der Waals surface area contributed by atoms with Gasteiger partial charge in [-0.15, -0.1) is 0 Å². The first-order valence-electron chi connectivity index (χ1n) is 6.72. The number of nitrogens with zero attached hydrogens (tertiary/aromatic N) is 1. The normalized spacial score (nSPS) is 11.6. The molecule has 4 nitrogen and oxygen atoms in total. The Labute approximate surface area is 136 Å². The summed E-state index contributed by atoms with van der Waals surface area (Å²) >= 11 is 5.89. The Bertz CT molecular complexity index is 729. The highest BCUT2D eigenvalue weighted by Gasteiger charge is 2.19. The molecule has 2 aromatic carbocycles. The molecule has 0 unspecified atom stereocenters. The molecule has 0 aliphatic rings. The highest BCUT2D eigenvalue weighted by Crippen LogP contribution is 2.17. The van der Waals surface area contributed by atoms with Gasteiger partial charge in [0.1, 0.15) is 5.75 Å². The lowest BCUT2D eigenvalue weighted by molar-refractivity contribution is 0.414. The van der Waals surface area contributed by atoms with Gasteiger partial charge < -0.3 is 4.74 Å². The Hall–Kier alpha value is -1.56. The number of halogens is 1. The van der Waals surface area contributed by atoms with Crippen molar-refractivity contribution < 1.29 is 13.2 Å². The Morgan fingerprint density at radius 3 is 2.36 bits per heavy atom. The summed E-state index contributed by atoms with van der Waals surface area (Å²) < 4.78 is 31.2. The van der Waals surface area contributed by atoms with Gasteiger partial charge in [-0.25, -0.2) is 12.7 Å². The van der Waals surface area contributed by atoms with Gasteiger partial charge in [0.15, 0.2) is 0 Å². The molecule has 6 heteroatoms. The second kappa shape index (κ2) is 7.13. The van der Waals surface area contributed by atoms with E-state index in [2.05, 4.69) is 0 Å². The molecule has 0 spiro atoms. The van der Waals surface area contributed by atoms with Crippen LogP contribution < -0.4 is 4.74 Å². The zero-order valence-electron chi connectivity index (χ0n) is 12.5. The van der Waals surface area contributed by atoms with Gasteiger partial charge >= 0.3 is 0 Å². The quantitative estimate of drug-likeness (QED) is 0.811. The fourth-order valence-electron chi connectivity index (χ4n) is 2.03. The number of benzene rings is 2. The van der Waals surface area contributed by atoms with Crippen LogP contribution in [0.2, 0.25) is 5.02 Å². The van der Waals surface area contributed by atoms with Gasteiger partial charge in [-0.2, -0.15) is 0 Å². The molecule has 118 valence electrons. The van der Waals surface area contributed by atoms with Gasteiger partial charge in [-0.1, -0.05) is 35.9 Å². The Morgan fingerprint density at radius 2 is 1.77 bits per heavy atom. The second-order valence-electron chi connectivity index (χ2n) is 4.99. The van der Waals surface area contributed by atoms with Gasteiger partial charge in [-0.3, -0.25) is 0 Å². The lowest BCUT2D eigenvalue weighted by Gasteiger charge is -2.17. The maximum atomic E-state index is 12.4. The molecule has 0 aromatic heterocycles. The monoisotopic (exact) mass is 339 g/mol. The van der Waals surface area contributed by atoms with Crippen LogP contribution in [-0.4, -0.2) is 26.9 Å². The molecule has 22 heavy (non-hydrogen) atoms. The zero-order chi connectivity index (χ0) is 16.2. The van der Waals surface area contributed by atoms with Crippen molar-refractivity contribution in [3.05, 3.63) is 64.7 Å². The molecule has 0 amide bonds. The van der Waals surface area contributed by atoms with Crippen molar-refractivity contribution in [2.75, 3.05) is 14.2 Å². The molecule has 0 heterocycles. The summed E-state index contributed by atoms with van der Waals surface area (Å²) in [5, 5.41) is 0.533. The predicted octanol–water partition coefficient (Wildman–Crippen LogP) is 3.31. The topological polar surface area (TPSA) is 46.6 Å². The molecule has 2 rings (SSSR count). The molecule has 0 saturated carbocycles. The first-order valence-corrected chi connectivity index (χ1v) is 8.71. The highest BCUT2D eigenvalue weighted by molar-refractivity contribution is 7.88. The van der Waals surface area contributed by atoms with Crippen molar-refractivity contribution in [1.82, 2.24) is 4.31 Å². The minimum atomic E-state index is -3.40. The average Bonchev–Trinajstić information content (AvgIpc) is 2.47. The molecular weight excluding hydrogens is 322 g/mol. The van der Waals surface area contributed by atoms with Crippen molar-refractivity contribution in [1.29, 1.82) is 0 Å². The van der Waals surface area contributed by atoms with Crippen molar-refractivity contribution in [3.63, 3.8) is 0 Å². The van der Waals surface area contributed by atoms with Gasteiger partial charge in [-0.05, 0) is 35.4 Å². The minimum Gasteiger partial charge on any atom is -0.497 e. The molecule has 0 N–H and O–H groups in total. The van der Waals surface area contributed by atoms with E-state index in [1.807, 2.05) is 24.3 Å². The summed E-state index contributed by atoms with van der Waals surface area (Å²) in [6.45, 7) is 0.312. The Morgan fingerprint density at radius 1 is 1.09 bits per heavy atom. The maximum absolute atomic E-state index is 12.4. The largest absolute Gasteiger partial charge is 0.497 e. The Kier molecular flexibility index (Phi) is 5.45. The smallest absolute Gasteiger partial charge is 0.218 e. The van der Waals surface area contributed by atoms with Crippen LogP contribution >= 0.6 is 11.6 Å². The SMILES string of the molecule is COc1ccc(CN(C)S(=O)(=O)Cc2cccc(Cl)c2)cc1. The first kappa shape index (κ1) is 16.8. The number of hydrogen-bond donors (Lipinski definition) is 0. The van der Waals surface area contributed by atoms with Crippen molar-refractivity contribution in [3.8, 4) is 5.75 Å². The van der Waals surface area contributed by atoms with Gasteiger partial charge in [0, 0.05) is 18.6 Å². The van der Waals surface area contributed by atoms with E-state index in [0.717, 1.165) is 11.3 Å². The molecule has 0 bridgehead atoms. The van der Waals surface area contributed by atoms with Crippen LogP contribution in [0.1, 0.15) is 11.1 Å². The van der Waals surface area contributed by atoms with Gasteiger partial charge in [0.05, 0.1) is 12.9 Å². The fraction of sp³-hybridized carbons (Fsp3) is 0.250. The number of ether oxygens (including phenoxy) is 1. The lowest BCUT2D eigenvalue weighted by atomic mass is 10.2. The molecule has 0 fully saturated rings. The van der Waals surface area contributed by atoms with Crippen LogP contribution in [0.25, 0.3) is 0 Å². The van der Waals surface area contributed by atoms with Crippen LogP contribution in [0, 0.1) is 0 Å². The standard InChI is InChI=1S/C16H18ClNO3S/c1-18(11-13-6-8-16(21-2)9-7-13)22(19,20)12-14-4-3-5-15(17)10-14/h3-10H,11-12H2,1-2H3. The van der Waals surface area contributed by atoms with E-state index in [0.29, 0.717) is 17.1 Å². The van der Waals surface area contributed by atoms with Gasteiger partial charge in [0.2, 0.25) is 10.0 Å². The van der Waals surface area contributed by atoms with E-state index in [1.165, 1.54) is 4.31 Å². The van der Waals surface area contributed by atoms with Crippen molar-refractivity contribution >= 4 is 21.6 Å². The number of sulfonamides is 1. The third-order valence-corrected chi connectivity index (χ3v) is 5.29. The van der Waals surface area contributed by atoms with Crippen molar-refractivity contribution in [2.45, 2.75) is 12.3 Å². The van der Waals surface area contributed by atoms with E-state index < -0.39 is 10.0 Å². The van der Waals surface area contributed by atoms with Crippen LogP contribution in [0.4, 0.5) is 0 Å². The molecule has 0 aliphatic carbocycles.